The molecule has 0 aliphatic carbocycles. The monoisotopic (exact) mass is 240 g/mol. The van der Waals surface area contributed by atoms with E-state index in [9.17, 15) is 0 Å². The lowest BCUT2D eigenvalue weighted by atomic mass is 10.1. The Labute approximate surface area is 109 Å². The molecule has 0 atom stereocenters. The fourth-order valence-corrected chi connectivity index (χ4v) is 2.01. The standard InChI is InChI=1S/C16H20N2/c1-13-4-3-5-15(10-13)7-9-18-12-16-11-17-8-6-14(16)2/h3-6,8,10-11,18H,7,9,12H2,1-2H3. The SMILES string of the molecule is Cc1cccc(CCNCc2cnccc2C)c1. The Morgan fingerprint density at radius 1 is 1.17 bits per heavy atom. The van der Waals surface area contributed by atoms with E-state index in [0.717, 1.165) is 19.5 Å². The summed E-state index contributed by atoms with van der Waals surface area (Å²) in [7, 11) is 0. The van der Waals surface area contributed by atoms with Crippen molar-refractivity contribution in [3.05, 3.63) is 65.0 Å². The van der Waals surface area contributed by atoms with Crippen molar-refractivity contribution in [2.45, 2.75) is 26.8 Å². The average molecular weight is 240 g/mol. The third-order valence-corrected chi connectivity index (χ3v) is 3.14. The lowest BCUT2D eigenvalue weighted by Crippen LogP contribution is -2.17. The second-order valence-electron chi connectivity index (χ2n) is 4.72. The van der Waals surface area contributed by atoms with Gasteiger partial charge in [-0.05, 0) is 49.6 Å². The van der Waals surface area contributed by atoms with Gasteiger partial charge in [0.25, 0.3) is 0 Å². The third kappa shape index (κ3) is 3.67. The first-order valence-electron chi connectivity index (χ1n) is 6.41. The summed E-state index contributed by atoms with van der Waals surface area (Å²) in [6, 6.07) is 10.7. The molecule has 0 aliphatic heterocycles. The van der Waals surface area contributed by atoms with E-state index in [4.69, 9.17) is 0 Å². The minimum Gasteiger partial charge on any atom is -0.312 e. The molecule has 2 rings (SSSR count). The van der Waals surface area contributed by atoms with Gasteiger partial charge >= 0.3 is 0 Å². The number of nitrogens with zero attached hydrogens (tertiary/aromatic N) is 1. The summed E-state index contributed by atoms with van der Waals surface area (Å²) < 4.78 is 0. The Morgan fingerprint density at radius 3 is 2.83 bits per heavy atom. The van der Waals surface area contributed by atoms with Crippen LogP contribution in [-0.4, -0.2) is 11.5 Å². The van der Waals surface area contributed by atoms with Gasteiger partial charge in [0.1, 0.15) is 0 Å². The van der Waals surface area contributed by atoms with Crippen LogP contribution in [0, 0.1) is 13.8 Å². The van der Waals surface area contributed by atoms with Crippen molar-refractivity contribution >= 4 is 0 Å². The molecule has 2 nitrogen and oxygen atoms in total. The van der Waals surface area contributed by atoms with Gasteiger partial charge < -0.3 is 5.32 Å². The van der Waals surface area contributed by atoms with Crippen LogP contribution in [0.1, 0.15) is 22.3 Å². The maximum absolute atomic E-state index is 4.15. The quantitative estimate of drug-likeness (QED) is 0.813. The zero-order valence-electron chi connectivity index (χ0n) is 11.1. The van der Waals surface area contributed by atoms with Gasteiger partial charge in [0.2, 0.25) is 0 Å². The Bertz CT molecular complexity index is 506. The van der Waals surface area contributed by atoms with Crippen LogP contribution in [-0.2, 0) is 13.0 Å². The van der Waals surface area contributed by atoms with Gasteiger partial charge in [0.15, 0.2) is 0 Å². The van der Waals surface area contributed by atoms with Crippen LogP contribution in [0.3, 0.4) is 0 Å². The first-order valence-corrected chi connectivity index (χ1v) is 6.41. The highest BCUT2D eigenvalue weighted by Gasteiger charge is 1.97. The summed E-state index contributed by atoms with van der Waals surface area (Å²) in [4.78, 5) is 4.15. The van der Waals surface area contributed by atoms with Gasteiger partial charge in [-0.3, -0.25) is 4.98 Å². The maximum atomic E-state index is 4.15. The fraction of sp³-hybridized carbons (Fsp3) is 0.312. The molecule has 1 heterocycles. The van der Waals surface area contributed by atoms with E-state index in [1.54, 1.807) is 0 Å². The number of pyridine rings is 1. The van der Waals surface area contributed by atoms with Crippen molar-refractivity contribution in [3.8, 4) is 0 Å². The molecule has 0 saturated heterocycles. The predicted molar refractivity (Wildman–Crippen MR) is 75.6 cm³/mol. The molecule has 1 N–H and O–H groups in total. The number of aryl methyl sites for hydroxylation is 2. The fourth-order valence-electron chi connectivity index (χ4n) is 2.01. The van der Waals surface area contributed by atoms with Crippen LogP contribution in [0.5, 0.6) is 0 Å². The maximum Gasteiger partial charge on any atom is 0.0315 e. The Morgan fingerprint density at radius 2 is 2.06 bits per heavy atom. The second-order valence-corrected chi connectivity index (χ2v) is 4.72. The van der Waals surface area contributed by atoms with Crippen molar-refractivity contribution in [2.24, 2.45) is 0 Å². The van der Waals surface area contributed by atoms with Crippen LogP contribution >= 0.6 is 0 Å². The van der Waals surface area contributed by atoms with Crippen LogP contribution in [0.15, 0.2) is 42.7 Å². The van der Waals surface area contributed by atoms with Crippen molar-refractivity contribution in [2.75, 3.05) is 6.54 Å². The van der Waals surface area contributed by atoms with E-state index in [2.05, 4.69) is 54.5 Å². The molecule has 0 bridgehead atoms. The Balaban J connectivity index is 1.78. The molecule has 1 aromatic heterocycles. The molecule has 0 spiro atoms. The summed E-state index contributed by atoms with van der Waals surface area (Å²) >= 11 is 0. The molecule has 0 unspecified atom stereocenters. The van der Waals surface area contributed by atoms with Crippen molar-refractivity contribution in [1.29, 1.82) is 0 Å². The van der Waals surface area contributed by atoms with Crippen LogP contribution in [0.2, 0.25) is 0 Å². The smallest absolute Gasteiger partial charge is 0.0315 e. The number of rotatable bonds is 5. The van der Waals surface area contributed by atoms with Crippen molar-refractivity contribution in [1.82, 2.24) is 10.3 Å². The second kappa shape index (κ2) is 6.31. The molecule has 1 aromatic carbocycles. The van der Waals surface area contributed by atoms with Gasteiger partial charge in [0.05, 0.1) is 0 Å². The van der Waals surface area contributed by atoms with Crippen LogP contribution in [0.4, 0.5) is 0 Å². The molecule has 0 radical (unpaired) electrons. The summed E-state index contributed by atoms with van der Waals surface area (Å²) in [6.45, 7) is 6.15. The van der Waals surface area contributed by atoms with E-state index < -0.39 is 0 Å². The van der Waals surface area contributed by atoms with Crippen LogP contribution in [0.25, 0.3) is 0 Å². The number of aromatic nitrogens is 1. The molecule has 0 fully saturated rings. The lowest BCUT2D eigenvalue weighted by Gasteiger charge is -2.07. The van der Waals surface area contributed by atoms with Gasteiger partial charge in [-0.2, -0.15) is 0 Å². The highest BCUT2D eigenvalue weighted by Crippen LogP contribution is 2.06. The van der Waals surface area contributed by atoms with E-state index in [1.807, 2.05) is 12.4 Å². The molecule has 18 heavy (non-hydrogen) atoms. The normalized spacial score (nSPS) is 10.6. The van der Waals surface area contributed by atoms with Crippen LogP contribution < -0.4 is 5.32 Å². The van der Waals surface area contributed by atoms with E-state index in [0.29, 0.717) is 0 Å². The minimum atomic E-state index is 0.894. The largest absolute Gasteiger partial charge is 0.312 e. The molecule has 0 amide bonds. The van der Waals surface area contributed by atoms with Crippen molar-refractivity contribution < 1.29 is 0 Å². The Kier molecular flexibility index (Phi) is 4.48. The van der Waals surface area contributed by atoms with E-state index in [-0.39, 0.29) is 0 Å². The summed E-state index contributed by atoms with van der Waals surface area (Å²) in [5.74, 6) is 0. The zero-order valence-corrected chi connectivity index (χ0v) is 11.1. The number of benzene rings is 1. The molecule has 94 valence electrons. The average Bonchev–Trinajstić information content (AvgIpc) is 2.37. The summed E-state index contributed by atoms with van der Waals surface area (Å²) in [5.41, 5.74) is 5.30. The molecule has 0 saturated carbocycles. The molecular weight excluding hydrogens is 220 g/mol. The van der Waals surface area contributed by atoms with Gasteiger partial charge in [0, 0.05) is 18.9 Å². The van der Waals surface area contributed by atoms with Gasteiger partial charge in [-0.1, -0.05) is 29.8 Å². The number of hydrogen-bond acceptors (Lipinski definition) is 2. The first kappa shape index (κ1) is 12.8. The van der Waals surface area contributed by atoms with Gasteiger partial charge in [-0.25, -0.2) is 0 Å². The minimum absolute atomic E-state index is 0.894. The summed E-state index contributed by atoms with van der Waals surface area (Å²) in [5, 5.41) is 3.47. The third-order valence-electron chi connectivity index (χ3n) is 3.14. The first-order chi connectivity index (χ1) is 8.75. The Hall–Kier alpha value is -1.67. The molecule has 2 aromatic rings. The topological polar surface area (TPSA) is 24.9 Å². The van der Waals surface area contributed by atoms with E-state index >= 15 is 0 Å². The highest BCUT2D eigenvalue weighted by atomic mass is 14.8. The molecule has 0 aliphatic rings. The zero-order chi connectivity index (χ0) is 12.8. The highest BCUT2D eigenvalue weighted by molar-refractivity contribution is 5.23. The number of hydrogen-bond donors (Lipinski definition) is 1. The lowest BCUT2D eigenvalue weighted by molar-refractivity contribution is 0.682. The van der Waals surface area contributed by atoms with Gasteiger partial charge in [-0.15, -0.1) is 0 Å². The molecule has 2 heteroatoms. The van der Waals surface area contributed by atoms with Crippen molar-refractivity contribution in [3.63, 3.8) is 0 Å². The predicted octanol–water partition coefficient (Wildman–Crippen LogP) is 3.03. The van der Waals surface area contributed by atoms with E-state index in [1.165, 1.54) is 22.3 Å². The molecular formula is C16H20N2. The number of nitrogens with one attached hydrogen (secondary N) is 1. The summed E-state index contributed by atoms with van der Waals surface area (Å²) in [6.07, 6.45) is 4.85.